The number of likely N-dealkylation sites (tertiary alicyclic amines) is 1. The average molecular weight is 554 g/mol. The van der Waals surface area contributed by atoms with Crippen LogP contribution in [0.5, 0.6) is 17.4 Å². The molecule has 1 aliphatic heterocycles. The van der Waals surface area contributed by atoms with E-state index in [-0.39, 0.29) is 10.8 Å². The van der Waals surface area contributed by atoms with E-state index in [1.54, 1.807) is 42.5 Å². The molecule has 2 heterocycles. The Labute approximate surface area is 232 Å². The van der Waals surface area contributed by atoms with Crippen molar-refractivity contribution in [3.63, 3.8) is 0 Å². The Bertz CT molecular complexity index is 1830. The molecule has 4 aromatic carbocycles. The fourth-order valence-corrected chi connectivity index (χ4v) is 6.21. The van der Waals surface area contributed by atoms with Gasteiger partial charge in [0.25, 0.3) is 0 Å². The highest BCUT2D eigenvalue weighted by molar-refractivity contribution is 7.89. The van der Waals surface area contributed by atoms with Crippen molar-refractivity contribution in [3.05, 3.63) is 103 Å². The number of methoxy groups -OCH3 is 1. The van der Waals surface area contributed by atoms with Crippen LogP contribution in [0.1, 0.15) is 12.0 Å². The summed E-state index contributed by atoms with van der Waals surface area (Å²) in [5.41, 5.74) is 0.902. The van der Waals surface area contributed by atoms with Gasteiger partial charge in [0, 0.05) is 24.7 Å². The SMILES string of the molecule is COc1ccc2ccc(S(=O)(=O)NC3CCN(Cc4ccc5ccnc(Oc6ccccc6)c5c4)C3=O)cc2c1. The minimum Gasteiger partial charge on any atom is -0.497 e. The minimum atomic E-state index is -3.91. The third-order valence-electron chi connectivity index (χ3n) is 7.05. The fourth-order valence-electron chi connectivity index (χ4n) is 4.95. The van der Waals surface area contributed by atoms with E-state index in [9.17, 15) is 13.2 Å². The van der Waals surface area contributed by atoms with Gasteiger partial charge in [0.2, 0.25) is 21.8 Å². The summed E-state index contributed by atoms with van der Waals surface area (Å²) in [5.74, 6) is 1.55. The molecule has 1 aromatic heterocycles. The second-order valence-electron chi connectivity index (χ2n) is 9.68. The third kappa shape index (κ3) is 5.21. The predicted molar refractivity (Wildman–Crippen MR) is 153 cm³/mol. The largest absolute Gasteiger partial charge is 0.497 e. The molecule has 5 aromatic rings. The molecule has 1 amide bonds. The maximum absolute atomic E-state index is 13.2. The summed E-state index contributed by atoms with van der Waals surface area (Å²) in [6.45, 7) is 0.793. The van der Waals surface area contributed by atoms with Crippen LogP contribution in [-0.4, -0.2) is 43.9 Å². The lowest BCUT2D eigenvalue weighted by Crippen LogP contribution is -2.41. The molecule has 9 heteroatoms. The number of benzene rings is 4. The van der Waals surface area contributed by atoms with Gasteiger partial charge in [-0.25, -0.2) is 13.4 Å². The lowest BCUT2D eigenvalue weighted by molar-refractivity contribution is -0.129. The number of carbonyl (C=O) groups is 1. The first-order valence-electron chi connectivity index (χ1n) is 12.9. The van der Waals surface area contributed by atoms with Gasteiger partial charge in [0.05, 0.1) is 12.0 Å². The lowest BCUT2D eigenvalue weighted by atomic mass is 10.1. The van der Waals surface area contributed by atoms with Crippen molar-refractivity contribution in [1.82, 2.24) is 14.6 Å². The number of ether oxygens (including phenoxy) is 2. The molecule has 1 saturated heterocycles. The summed E-state index contributed by atoms with van der Waals surface area (Å²) < 4.78 is 40.3. The van der Waals surface area contributed by atoms with Gasteiger partial charge in [-0.15, -0.1) is 0 Å². The topological polar surface area (TPSA) is 97.8 Å². The van der Waals surface area contributed by atoms with Crippen LogP contribution in [0.4, 0.5) is 0 Å². The number of sulfonamides is 1. The number of para-hydroxylation sites is 1. The number of aromatic nitrogens is 1. The van der Waals surface area contributed by atoms with Crippen molar-refractivity contribution in [2.75, 3.05) is 13.7 Å². The number of rotatable bonds is 8. The molecule has 0 bridgehead atoms. The molecular weight excluding hydrogens is 526 g/mol. The first-order chi connectivity index (χ1) is 19.4. The number of carbonyl (C=O) groups excluding carboxylic acids is 1. The molecule has 8 nitrogen and oxygen atoms in total. The molecule has 0 radical (unpaired) electrons. The van der Waals surface area contributed by atoms with E-state index >= 15 is 0 Å². The van der Waals surface area contributed by atoms with E-state index in [1.165, 1.54) is 0 Å². The molecule has 6 rings (SSSR count). The van der Waals surface area contributed by atoms with Crippen molar-refractivity contribution in [2.24, 2.45) is 0 Å². The zero-order valence-electron chi connectivity index (χ0n) is 21.8. The smallest absolute Gasteiger partial charge is 0.241 e. The lowest BCUT2D eigenvalue weighted by Gasteiger charge is -2.18. The van der Waals surface area contributed by atoms with Crippen molar-refractivity contribution >= 4 is 37.5 Å². The maximum atomic E-state index is 13.2. The van der Waals surface area contributed by atoms with Crippen molar-refractivity contribution < 1.29 is 22.7 Å². The Kier molecular flexibility index (Phi) is 6.83. The van der Waals surface area contributed by atoms with Crippen molar-refractivity contribution in [1.29, 1.82) is 0 Å². The Balaban J connectivity index is 1.18. The van der Waals surface area contributed by atoms with Gasteiger partial charge in [-0.2, -0.15) is 4.72 Å². The van der Waals surface area contributed by atoms with Crippen LogP contribution >= 0.6 is 0 Å². The van der Waals surface area contributed by atoms with E-state index in [0.717, 1.165) is 27.1 Å². The molecule has 202 valence electrons. The highest BCUT2D eigenvalue weighted by atomic mass is 32.2. The molecule has 0 spiro atoms. The second kappa shape index (κ2) is 10.6. The molecule has 0 aliphatic carbocycles. The molecule has 0 saturated carbocycles. The van der Waals surface area contributed by atoms with Crippen LogP contribution in [0.25, 0.3) is 21.5 Å². The molecule has 1 aliphatic rings. The summed E-state index contributed by atoms with van der Waals surface area (Å²) >= 11 is 0. The van der Waals surface area contributed by atoms with Gasteiger partial charge >= 0.3 is 0 Å². The summed E-state index contributed by atoms with van der Waals surface area (Å²) in [6.07, 6.45) is 2.09. The summed E-state index contributed by atoms with van der Waals surface area (Å²) in [6, 6.07) is 26.8. The Hall–Kier alpha value is -4.47. The number of nitrogens with zero attached hydrogens (tertiary/aromatic N) is 2. The quantitative estimate of drug-likeness (QED) is 0.281. The highest BCUT2D eigenvalue weighted by Crippen LogP contribution is 2.30. The van der Waals surface area contributed by atoms with Gasteiger partial charge in [-0.3, -0.25) is 4.79 Å². The second-order valence-corrected chi connectivity index (χ2v) is 11.4. The van der Waals surface area contributed by atoms with E-state index in [0.29, 0.717) is 36.9 Å². The predicted octanol–water partition coefficient (Wildman–Crippen LogP) is 5.27. The van der Waals surface area contributed by atoms with Crippen LogP contribution in [0.15, 0.2) is 102 Å². The molecule has 1 N–H and O–H groups in total. The van der Waals surface area contributed by atoms with Crippen molar-refractivity contribution in [2.45, 2.75) is 23.9 Å². The standard InChI is InChI=1S/C31H27N3O5S/c1-38-26-11-9-22-10-12-27(19-24(22)18-26)40(36,37)33-29-14-16-34(31(29)35)20-21-7-8-23-13-15-32-30(28(23)17-21)39-25-5-3-2-4-6-25/h2-13,15,17-19,29,33H,14,16,20H2,1H3. The number of hydrogen-bond donors (Lipinski definition) is 1. The first kappa shape index (κ1) is 25.8. The van der Waals surface area contributed by atoms with Crippen LogP contribution in [0, 0.1) is 0 Å². The van der Waals surface area contributed by atoms with Gasteiger partial charge in [0.15, 0.2) is 0 Å². The molecule has 1 atom stereocenters. The van der Waals surface area contributed by atoms with Gasteiger partial charge in [-0.05, 0) is 76.7 Å². The number of amides is 1. The summed E-state index contributed by atoms with van der Waals surface area (Å²) in [5, 5.41) is 3.44. The third-order valence-corrected chi connectivity index (χ3v) is 8.52. The van der Waals surface area contributed by atoms with Crippen LogP contribution < -0.4 is 14.2 Å². The minimum absolute atomic E-state index is 0.104. The van der Waals surface area contributed by atoms with Crippen molar-refractivity contribution in [3.8, 4) is 17.4 Å². The highest BCUT2D eigenvalue weighted by Gasteiger charge is 2.35. The van der Waals surface area contributed by atoms with Crippen LogP contribution in [0.3, 0.4) is 0 Å². The Morgan fingerprint density at radius 2 is 1.70 bits per heavy atom. The zero-order chi connectivity index (χ0) is 27.7. The van der Waals surface area contributed by atoms with Crippen LogP contribution in [-0.2, 0) is 21.4 Å². The molecule has 1 unspecified atom stereocenters. The summed E-state index contributed by atoms with van der Waals surface area (Å²) in [7, 11) is -2.35. The van der Waals surface area contributed by atoms with E-state index in [2.05, 4.69) is 9.71 Å². The molecule has 1 fully saturated rings. The van der Waals surface area contributed by atoms with Crippen LogP contribution in [0.2, 0.25) is 0 Å². The van der Waals surface area contributed by atoms with Gasteiger partial charge in [0.1, 0.15) is 17.5 Å². The maximum Gasteiger partial charge on any atom is 0.241 e. The average Bonchev–Trinajstić information content (AvgIpc) is 3.30. The van der Waals surface area contributed by atoms with E-state index < -0.39 is 16.1 Å². The number of pyridine rings is 1. The fraction of sp³-hybridized carbons (Fsp3) is 0.161. The number of nitrogens with one attached hydrogen (secondary N) is 1. The van der Waals surface area contributed by atoms with E-state index in [1.807, 2.05) is 66.7 Å². The van der Waals surface area contributed by atoms with Gasteiger partial charge in [-0.1, -0.05) is 42.5 Å². The number of fused-ring (bicyclic) bond motifs is 2. The molecule has 40 heavy (non-hydrogen) atoms. The first-order valence-corrected chi connectivity index (χ1v) is 14.4. The normalized spacial score (nSPS) is 15.6. The molecular formula is C31H27N3O5S. The number of hydrogen-bond acceptors (Lipinski definition) is 6. The Morgan fingerprint density at radius 3 is 2.52 bits per heavy atom. The zero-order valence-corrected chi connectivity index (χ0v) is 22.6. The monoisotopic (exact) mass is 553 g/mol. The van der Waals surface area contributed by atoms with E-state index in [4.69, 9.17) is 9.47 Å². The van der Waals surface area contributed by atoms with Gasteiger partial charge < -0.3 is 14.4 Å². The summed E-state index contributed by atoms with van der Waals surface area (Å²) in [4.78, 5) is 19.4. The Morgan fingerprint density at radius 1 is 0.900 bits per heavy atom.